The van der Waals surface area contributed by atoms with Gasteiger partial charge in [-0.2, -0.15) is 0 Å². The fraction of sp³-hybridized carbons (Fsp3) is 0. The Hall–Kier alpha value is -5.81. The average molecular weight is 540 g/mol. The second kappa shape index (κ2) is 8.85. The van der Waals surface area contributed by atoms with Crippen molar-refractivity contribution < 1.29 is 8.83 Å². The summed E-state index contributed by atoms with van der Waals surface area (Å²) in [5, 5.41) is 4.17. The van der Waals surface area contributed by atoms with Crippen molar-refractivity contribution >= 4 is 54.8 Å². The van der Waals surface area contributed by atoms with Crippen molar-refractivity contribution in [3.8, 4) is 33.8 Å². The molecule has 5 aromatic carbocycles. The minimum Gasteiger partial charge on any atom is -0.455 e. The van der Waals surface area contributed by atoms with Crippen LogP contribution in [-0.4, -0.2) is 15.0 Å². The average Bonchev–Trinajstić information content (AvgIpc) is 3.66. The maximum atomic E-state index is 6.42. The quantitative estimate of drug-likeness (QED) is 0.209. The minimum atomic E-state index is 0.625. The predicted molar refractivity (Wildman–Crippen MR) is 168 cm³/mol. The van der Waals surface area contributed by atoms with Crippen LogP contribution in [0.25, 0.3) is 88.7 Å². The first-order valence-corrected chi connectivity index (χ1v) is 13.9. The van der Waals surface area contributed by atoms with E-state index < -0.39 is 0 Å². The summed E-state index contributed by atoms with van der Waals surface area (Å²) in [6.45, 7) is 0. The second-order valence-electron chi connectivity index (χ2n) is 10.4. The lowest BCUT2D eigenvalue weighted by molar-refractivity contribution is 0.620. The van der Waals surface area contributed by atoms with Crippen molar-refractivity contribution in [3.63, 3.8) is 0 Å². The number of pyridine rings is 2. The lowest BCUT2D eigenvalue weighted by Gasteiger charge is -2.11. The van der Waals surface area contributed by atoms with Crippen LogP contribution in [0.2, 0.25) is 0 Å². The second-order valence-corrected chi connectivity index (χ2v) is 10.4. The van der Waals surface area contributed by atoms with Gasteiger partial charge in [-0.25, -0.2) is 9.97 Å². The van der Waals surface area contributed by atoms with Crippen molar-refractivity contribution in [2.45, 2.75) is 0 Å². The lowest BCUT2D eigenvalue weighted by atomic mass is 9.98. The van der Waals surface area contributed by atoms with E-state index in [0.29, 0.717) is 5.89 Å². The van der Waals surface area contributed by atoms with Crippen molar-refractivity contribution in [1.82, 2.24) is 15.0 Å². The molecular formula is C37H21N3O2. The van der Waals surface area contributed by atoms with Crippen LogP contribution in [0.4, 0.5) is 0 Å². The van der Waals surface area contributed by atoms with Gasteiger partial charge >= 0.3 is 0 Å². The molecule has 0 radical (unpaired) electrons. The monoisotopic (exact) mass is 539 g/mol. The molecule has 0 saturated carbocycles. The van der Waals surface area contributed by atoms with Crippen LogP contribution in [0.15, 0.2) is 136 Å². The summed E-state index contributed by atoms with van der Waals surface area (Å²) in [5.74, 6) is 0.625. The number of fused-ring (bicyclic) bond motifs is 8. The molecule has 5 nitrogen and oxygen atoms in total. The molecule has 0 unspecified atom stereocenters. The molecule has 5 heteroatoms. The predicted octanol–water partition coefficient (Wildman–Crippen LogP) is 9.82. The highest BCUT2D eigenvalue weighted by Gasteiger charge is 2.18. The van der Waals surface area contributed by atoms with E-state index in [9.17, 15) is 0 Å². The molecule has 4 aromatic heterocycles. The Morgan fingerprint density at radius 1 is 0.476 bits per heavy atom. The van der Waals surface area contributed by atoms with Gasteiger partial charge in [0.2, 0.25) is 5.89 Å². The third-order valence-corrected chi connectivity index (χ3v) is 7.96. The summed E-state index contributed by atoms with van der Waals surface area (Å²) in [5.41, 5.74) is 10.0. The molecule has 0 atom stereocenters. The van der Waals surface area contributed by atoms with E-state index in [-0.39, 0.29) is 0 Å². The van der Waals surface area contributed by atoms with Crippen molar-refractivity contribution in [3.05, 3.63) is 128 Å². The largest absolute Gasteiger partial charge is 0.455 e. The molecule has 42 heavy (non-hydrogen) atoms. The number of aromatic nitrogens is 3. The topological polar surface area (TPSA) is 65.0 Å². The summed E-state index contributed by atoms with van der Waals surface area (Å²) in [7, 11) is 0. The third-order valence-electron chi connectivity index (χ3n) is 7.96. The van der Waals surface area contributed by atoms with E-state index in [2.05, 4.69) is 59.6 Å². The van der Waals surface area contributed by atoms with Crippen molar-refractivity contribution in [2.24, 2.45) is 0 Å². The van der Waals surface area contributed by atoms with Gasteiger partial charge in [0.1, 0.15) is 22.2 Å². The number of benzene rings is 5. The standard InChI is InChI=1S/C37H21N3O2/c1-2-7-24(8-3-1)37-40-29-19-16-25(21-32(29)42-37)22-12-14-23(15-13-22)34-28-18-17-27-26-9-4-5-11-31(26)41-36(27)33(28)35-30(39-34)10-6-20-38-35/h1-21H. The summed E-state index contributed by atoms with van der Waals surface area (Å²) in [4.78, 5) is 14.5. The molecule has 0 bridgehead atoms. The molecule has 0 fully saturated rings. The first-order valence-electron chi connectivity index (χ1n) is 13.9. The van der Waals surface area contributed by atoms with Crippen molar-refractivity contribution in [1.29, 1.82) is 0 Å². The van der Waals surface area contributed by atoms with Crippen LogP contribution >= 0.6 is 0 Å². The molecule has 0 aliphatic heterocycles. The fourth-order valence-corrected chi connectivity index (χ4v) is 5.93. The Labute approximate surface area is 239 Å². The third kappa shape index (κ3) is 3.47. The molecule has 4 heterocycles. The van der Waals surface area contributed by atoms with Gasteiger partial charge in [-0.05, 0) is 59.7 Å². The van der Waals surface area contributed by atoms with Gasteiger partial charge < -0.3 is 8.83 Å². The van der Waals surface area contributed by atoms with Crippen LogP contribution in [0, 0.1) is 0 Å². The number of furan rings is 1. The molecule has 0 amide bonds. The maximum absolute atomic E-state index is 6.42. The highest BCUT2D eigenvalue weighted by molar-refractivity contribution is 6.23. The van der Waals surface area contributed by atoms with Crippen LogP contribution < -0.4 is 0 Å². The van der Waals surface area contributed by atoms with E-state index in [0.717, 1.165) is 82.8 Å². The van der Waals surface area contributed by atoms with E-state index >= 15 is 0 Å². The molecule has 0 saturated heterocycles. The van der Waals surface area contributed by atoms with Gasteiger partial charge in [-0.1, -0.05) is 72.8 Å². The first-order chi connectivity index (χ1) is 20.8. The number of hydrogen-bond acceptors (Lipinski definition) is 5. The van der Waals surface area contributed by atoms with Gasteiger partial charge in [-0.15, -0.1) is 0 Å². The Morgan fingerprint density at radius 3 is 2.17 bits per heavy atom. The van der Waals surface area contributed by atoms with E-state index in [1.807, 2.05) is 72.9 Å². The van der Waals surface area contributed by atoms with E-state index in [1.54, 1.807) is 0 Å². The smallest absolute Gasteiger partial charge is 0.227 e. The van der Waals surface area contributed by atoms with Gasteiger partial charge in [0.15, 0.2) is 5.58 Å². The van der Waals surface area contributed by atoms with Gasteiger partial charge in [0, 0.05) is 33.5 Å². The molecular weight excluding hydrogens is 518 g/mol. The van der Waals surface area contributed by atoms with Crippen LogP contribution in [0.3, 0.4) is 0 Å². The molecule has 0 N–H and O–H groups in total. The van der Waals surface area contributed by atoms with Crippen LogP contribution in [0.1, 0.15) is 0 Å². The molecule has 0 aliphatic carbocycles. The zero-order valence-electron chi connectivity index (χ0n) is 22.3. The zero-order chi connectivity index (χ0) is 27.6. The Kier molecular flexibility index (Phi) is 4.83. The highest BCUT2D eigenvalue weighted by Crippen LogP contribution is 2.40. The Morgan fingerprint density at radius 2 is 1.26 bits per heavy atom. The number of rotatable bonds is 3. The maximum Gasteiger partial charge on any atom is 0.227 e. The number of para-hydroxylation sites is 1. The molecule has 9 aromatic rings. The van der Waals surface area contributed by atoms with Crippen LogP contribution in [0.5, 0.6) is 0 Å². The number of hydrogen-bond donors (Lipinski definition) is 0. The fourth-order valence-electron chi connectivity index (χ4n) is 5.93. The number of nitrogens with zero attached hydrogens (tertiary/aromatic N) is 3. The summed E-state index contributed by atoms with van der Waals surface area (Å²) in [6, 6.07) is 41.0. The summed E-state index contributed by atoms with van der Waals surface area (Å²) >= 11 is 0. The number of oxazole rings is 1. The normalized spacial score (nSPS) is 11.8. The molecule has 9 rings (SSSR count). The minimum absolute atomic E-state index is 0.625. The van der Waals surface area contributed by atoms with E-state index in [1.165, 1.54) is 0 Å². The first kappa shape index (κ1) is 22.9. The van der Waals surface area contributed by atoms with Crippen LogP contribution in [-0.2, 0) is 0 Å². The SMILES string of the molecule is c1ccc(-c2nc3ccc(-c4ccc(-c5nc6cccnc6c6c5ccc5c7ccccc7oc56)cc4)cc3o2)cc1. The van der Waals surface area contributed by atoms with E-state index in [4.69, 9.17) is 18.8 Å². The molecule has 0 spiro atoms. The molecule has 0 aliphatic rings. The summed E-state index contributed by atoms with van der Waals surface area (Å²) < 4.78 is 12.5. The highest BCUT2D eigenvalue weighted by atomic mass is 16.3. The molecule has 196 valence electrons. The Bertz CT molecular complexity index is 2460. The Balaban J connectivity index is 1.18. The lowest BCUT2D eigenvalue weighted by Crippen LogP contribution is -1.92. The van der Waals surface area contributed by atoms with Gasteiger partial charge in [0.05, 0.1) is 16.6 Å². The zero-order valence-corrected chi connectivity index (χ0v) is 22.3. The summed E-state index contributed by atoms with van der Waals surface area (Å²) in [6.07, 6.45) is 1.81. The van der Waals surface area contributed by atoms with Gasteiger partial charge in [0.25, 0.3) is 0 Å². The van der Waals surface area contributed by atoms with Gasteiger partial charge in [-0.3, -0.25) is 4.98 Å². The van der Waals surface area contributed by atoms with Crippen molar-refractivity contribution in [2.75, 3.05) is 0 Å².